The molecule has 4 rings (SSSR count). The van der Waals surface area contributed by atoms with Crippen LogP contribution in [0.5, 0.6) is 23.0 Å². The summed E-state index contributed by atoms with van der Waals surface area (Å²) in [5, 5.41) is 0. The number of carbonyl (C=O) groups is 4. The first-order chi connectivity index (χ1) is 39.7. The molecule has 4 aromatic carbocycles. The van der Waals surface area contributed by atoms with Crippen molar-refractivity contribution in [1.82, 2.24) is 0 Å². The molecule has 0 N–H and O–H groups in total. The first-order valence-electron chi connectivity index (χ1n) is 29.8. The van der Waals surface area contributed by atoms with Gasteiger partial charge < -0.3 is 36.7 Å². The molecule has 0 amide bonds. The Morgan fingerprint density at radius 1 is 0.429 bits per heavy atom. The summed E-state index contributed by atoms with van der Waals surface area (Å²) in [7, 11) is -6.70. The molecule has 0 aliphatic carbocycles. The molecule has 0 spiro atoms. The minimum absolute atomic E-state index is 0.0773. The van der Waals surface area contributed by atoms with Crippen LogP contribution < -0.4 is 18.9 Å². The van der Waals surface area contributed by atoms with E-state index in [1.165, 1.54) is 48.5 Å². The van der Waals surface area contributed by atoms with Crippen LogP contribution in [0, 0.1) is 0 Å². The number of ether oxygens (including phenoxy) is 6. The van der Waals surface area contributed by atoms with E-state index in [1.807, 2.05) is 26.9 Å². The summed E-state index contributed by atoms with van der Waals surface area (Å²) < 4.78 is 130. The molecule has 12 nitrogen and oxygen atoms in total. The SMILES string of the molecule is CCCCCCCC(OC(=O)c1ccc(OC(=O)c2ccc(OC(CCCCCC)CCCC(Oc3ccc(C(=O)Oc4ccc(C(=O)OC(CCCCCCC)C(F)(F)F)cc4)cc3)[Si](C)(C)O[Si](C)(C)O[SiH](C)C)cc2)cc1)C(F)(F)F. The zero-order valence-electron chi connectivity index (χ0n) is 50.4. The van der Waals surface area contributed by atoms with Gasteiger partial charge >= 0.3 is 44.8 Å². The molecule has 0 aromatic heterocycles. The van der Waals surface area contributed by atoms with Gasteiger partial charge in [-0.1, -0.05) is 91.4 Å². The first-order valence-corrected chi connectivity index (χ1v) is 38.4. The molecule has 0 fully saturated rings. The minimum Gasteiger partial charge on any atom is -0.491 e. The Labute approximate surface area is 497 Å². The maximum atomic E-state index is 13.7. The smallest absolute Gasteiger partial charge is 0.425 e. The molecule has 0 heterocycles. The normalized spacial score (nSPS) is 13.6. The van der Waals surface area contributed by atoms with E-state index < -0.39 is 74.4 Å². The van der Waals surface area contributed by atoms with Gasteiger partial charge in [0.05, 0.1) is 28.4 Å². The molecule has 21 heteroatoms. The number of rotatable bonds is 38. The van der Waals surface area contributed by atoms with E-state index in [0.29, 0.717) is 43.6 Å². The lowest BCUT2D eigenvalue weighted by molar-refractivity contribution is -0.206. The standard InChI is InChI=1S/C63H88F6O12Si3/c1-10-13-16-19-22-27-55(62(64,65)66)78-60(72)48-34-42-53(43-35-48)76-58(70)46-30-38-51(39-31-46)74-50(25-21-18-15-12-3)26-24-29-57(83(6,7)81-84(8,9)80-82(4)5)75-52-40-32-47(33-41-52)59(71)77-54-44-36-49(37-45-54)61(73)79-56(63(67,68)69)28-23-20-17-14-11-2/h30-45,50,55-57,82H,10-29H2,1-9H3. The maximum absolute atomic E-state index is 13.7. The highest BCUT2D eigenvalue weighted by molar-refractivity contribution is 6.85. The van der Waals surface area contributed by atoms with E-state index >= 15 is 0 Å². The van der Waals surface area contributed by atoms with E-state index in [-0.39, 0.29) is 71.3 Å². The summed E-state index contributed by atoms with van der Waals surface area (Å²) in [5.41, 5.74) is -0.140. The number of esters is 4. The predicted molar refractivity (Wildman–Crippen MR) is 320 cm³/mol. The molecule has 4 atom stereocenters. The summed E-state index contributed by atoms with van der Waals surface area (Å²) in [6, 6.07) is 23.4. The third kappa shape index (κ3) is 26.0. The van der Waals surface area contributed by atoms with Gasteiger partial charge in [0.15, 0.2) is 21.2 Å². The summed E-state index contributed by atoms with van der Waals surface area (Å²) in [6.45, 7) is 18.7. The number of alkyl halides is 6. The molecule has 466 valence electrons. The lowest BCUT2D eigenvalue weighted by Gasteiger charge is -2.39. The van der Waals surface area contributed by atoms with Crippen LogP contribution in [-0.2, 0) is 17.7 Å². The highest BCUT2D eigenvalue weighted by Gasteiger charge is 2.45. The van der Waals surface area contributed by atoms with Crippen molar-refractivity contribution in [3.05, 3.63) is 119 Å². The van der Waals surface area contributed by atoms with Gasteiger partial charge in [-0.15, -0.1) is 0 Å². The lowest BCUT2D eigenvalue weighted by Crippen LogP contribution is -2.56. The van der Waals surface area contributed by atoms with E-state index in [1.54, 1.807) is 48.5 Å². The van der Waals surface area contributed by atoms with Crippen molar-refractivity contribution in [1.29, 1.82) is 0 Å². The molecular formula is C63H88F6O12Si3. The highest BCUT2D eigenvalue weighted by Crippen LogP contribution is 2.32. The molecule has 0 saturated carbocycles. The average molecular weight is 1240 g/mol. The predicted octanol–water partition coefficient (Wildman–Crippen LogP) is 17.8. The van der Waals surface area contributed by atoms with Gasteiger partial charge in [-0.25, -0.2) is 19.2 Å². The largest absolute Gasteiger partial charge is 0.491 e. The van der Waals surface area contributed by atoms with Gasteiger partial charge in [-0.05, 0) is 194 Å². The lowest BCUT2D eigenvalue weighted by atomic mass is 10.0. The van der Waals surface area contributed by atoms with Crippen LogP contribution in [-0.4, -0.2) is 86.2 Å². The van der Waals surface area contributed by atoms with Gasteiger partial charge in [0, 0.05) is 0 Å². The zero-order valence-corrected chi connectivity index (χ0v) is 53.6. The number of halogens is 6. The van der Waals surface area contributed by atoms with Crippen molar-refractivity contribution in [3.63, 3.8) is 0 Å². The van der Waals surface area contributed by atoms with Crippen LogP contribution in [0.2, 0.25) is 39.3 Å². The molecular weight excluding hydrogens is 1150 g/mol. The topological polar surface area (TPSA) is 142 Å². The van der Waals surface area contributed by atoms with Crippen molar-refractivity contribution < 1.29 is 82.2 Å². The Hall–Kier alpha value is -5.49. The molecule has 0 radical (unpaired) electrons. The van der Waals surface area contributed by atoms with Gasteiger partial charge in [0.1, 0.15) is 28.7 Å². The van der Waals surface area contributed by atoms with E-state index in [4.69, 9.17) is 36.7 Å². The quantitative estimate of drug-likeness (QED) is 0.0139. The Kier molecular flexibility index (Phi) is 29.8. The number of unbranched alkanes of at least 4 members (excludes halogenated alkanes) is 11. The molecule has 4 aromatic rings. The van der Waals surface area contributed by atoms with Crippen molar-refractivity contribution >= 4 is 49.8 Å². The fraction of sp³-hybridized carbons (Fsp3) is 0.556. The van der Waals surface area contributed by atoms with Crippen LogP contribution in [0.1, 0.15) is 191 Å². The highest BCUT2D eigenvalue weighted by atomic mass is 28.5. The summed E-state index contributed by atoms with van der Waals surface area (Å²) in [5.74, 6) is -2.41. The average Bonchev–Trinajstić information content (AvgIpc) is 3.32. The molecule has 0 saturated heterocycles. The van der Waals surface area contributed by atoms with Gasteiger partial charge in [0.2, 0.25) is 8.32 Å². The summed E-state index contributed by atoms with van der Waals surface area (Å²) in [6.07, 6.45) is -0.592. The van der Waals surface area contributed by atoms with Crippen LogP contribution in [0.3, 0.4) is 0 Å². The van der Waals surface area contributed by atoms with Crippen LogP contribution in [0.4, 0.5) is 26.3 Å². The zero-order chi connectivity index (χ0) is 61.9. The second-order valence-corrected chi connectivity index (χ2v) is 33.1. The number of hydrogen-bond acceptors (Lipinski definition) is 12. The first kappa shape index (κ1) is 71.0. The Morgan fingerprint density at radius 2 is 0.762 bits per heavy atom. The van der Waals surface area contributed by atoms with Crippen LogP contribution >= 0.6 is 0 Å². The molecule has 0 aliphatic rings. The van der Waals surface area contributed by atoms with E-state index in [0.717, 1.165) is 70.6 Å². The second-order valence-electron chi connectivity index (χ2n) is 22.6. The minimum atomic E-state index is -4.71. The molecule has 0 aliphatic heterocycles. The Balaban J connectivity index is 1.40. The summed E-state index contributed by atoms with van der Waals surface area (Å²) >= 11 is 0. The number of hydrogen-bond donors (Lipinski definition) is 0. The maximum Gasteiger partial charge on any atom is 0.425 e. The monoisotopic (exact) mass is 1230 g/mol. The second kappa shape index (κ2) is 35.2. The Morgan fingerprint density at radius 3 is 1.14 bits per heavy atom. The third-order valence-electron chi connectivity index (χ3n) is 13.9. The van der Waals surface area contributed by atoms with Crippen LogP contribution in [0.15, 0.2) is 97.1 Å². The fourth-order valence-electron chi connectivity index (χ4n) is 9.62. The van der Waals surface area contributed by atoms with Gasteiger partial charge in [0.25, 0.3) is 0 Å². The molecule has 0 bridgehead atoms. The third-order valence-corrected chi connectivity index (χ3v) is 24.1. The molecule has 4 unspecified atom stereocenters. The van der Waals surface area contributed by atoms with Gasteiger partial charge in [-0.3, -0.25) is 0 Å². The van der Waals surface area contributed by atoms with E-state index in [9.17, 15) is 45.5 Å². The van der Waals surface area contributed by atoms with Crippen LogP contribution in [0.25, 0.3) is 0 Å². The number of benzene rings is 4. The van der Waals surface area contributed by atoms with Crippen molar-refractivity contribution in [2.75, 3.05) is 0 Å². The summed E-state index contributed by atoms with van der Waals surface area (Å²) in [4.78, 5) is 51.9. The van der Waals surface area contributed by atoms with Crippen molar-refractivity contribution in [3.8, 4) is 23.0 Å². The van der Waals surface area contributed by atoms with Crippen molar-refractivity contribution in [2.24, 2.45) is 0 Å². The van der Waals surface area contributed by atoms with E-state index in [2.05, 4.69) is 33.1 Å². The Bertz CT molecular complexity index is 2580. The molecule has 84 heavy (non-hydrogen) atoms. The van der Waals surface area contributed by atoms with Gasteiger partial charge in [-0.2, -0.15) is 26.3 Å². The number of carbonyl (C=O) groups excluding carboxylic acids is 4. The van der Waals surface area contributed by atoms with Crippen molar-refractivity contribution in [2.45, 2.75) is 225 Å². The fourth-order valence-corrected chi connectivity index (χ4v) is 21.7.